The molecule has 2 N–H and O–H groups in total. The van der Waals surface area contributed by atoms with E-state index >= 15 is 0 Å². The topological polar surface area (TPSA) is 87.0 Å². The monoisotopic (exact) mass is 291 g/mol. The molecule has 1 aromatic carbocycles. The van der Waals surface area contributed by atoms with E-state index in [4.69, 9.17) is 0 Å². The Bertz CT molecular complexity index is 678. The minimum atomic E-state index is -1.25. The van der Waals surface area contributed by atoms with Crippen LogP contribution in [-0.2, 0) is 9.59 Å². The molecule has 2 rings (SSSR count). The van der Waals surface area contributed by atoms with Crippen molar-refractivity contribution in [2.24, 2.45) is 10.9 Å². The second-order valence-electron chi connectivity index (χ2n) is 4.91. The van der Waals surface area contributed by atoms with E-state index in [0.29, 0.717) is 11.3 Å². The minimum Gasteiger partial charge on any atom is -0.481 e. The molecule has 0 amide bonds. The van der Waals surface area contributed by atoms with Crippen LogP contribution in [0.3, 0.4) is 0 Å². The molecule has 6 heteroatoms. The minimum absolute atomic E-state index is 0.112. The number of nitrogens with zero attached hydrogens (tertiary/aromatic N) is 1. The molecule has 5 nitrogen and oxygen atoms in total. The molecule has 1 aliphatic rings. The number of hydrogen-bond donors (Lipinski definition) is 2. The number of hydrogen-bond acceptors (Lipinski definition) is 3. The van der Waals surface area contributed by atoms with Gasteiger partial charge in [-0.3, -0.25) is 9.79 Å². The summed E-state index contributed by atoms with van der Waals surface area (Å²) >= 11 is 0. The van der Waals surface area contributed by atoms with Crippen LogP contribution in [0.1, 0.15) is 25.3 Å². The molecule has 0 radical (unpaired) electrons. The maximum absolute atomic E-state index is 13.4. The van der Waals surface area contributed by atoms with Crippen molar-refractivity contribution in [2.75, 3.05) is 0 Å². The molecule has 0 spiro atoms. The van der Waals surface area contributed by atoms with Crippen molar-refractivity contribution in [1.82, 2.24) is 0 Å². The van der Waals surface area contributed by atoms with Gasteiger partial charge in [-0.15, -0.1) is 0 Å². The van der Waals surface area contributed by atoms with Crippen LogP contribution in [0.5, 0.6) is 0 Å². The molecule has 2 atom stereocenters. The van der Waals surface area contributed by atoms with Crippen LogP contribution < -0.4 is 0 Å². The first-order chi connectivity index (χ1) is 9.82. The summed E-state index contributed by atoms with van der Waals surface area (Å²) in [5.41, 5.74) is 0.748. The standard InChI is InChI=1S/C15H14FNO4/c1-7-11(14(18)19)13(9-4-3-5-10(16)6-9)12(15(20)21)8(2)17-7/h3-6,11,13H,1-2H3,(H,18,19)(H,20,21). The third-order valence-corrected chi connectivity index (χ3v) is 3.53. The molecule has 1 aliphatic heterocycles. The molecule has 0 aliphatic carbocycles. The van der Waals surface area contributed by atoms with E-state index in [9.17, 15) is 24.2 Å². The van der Waals surface area contributed by atoms with Crippen molar-refractivity contribution in [3.05, 3.63) is 46.9 Å². The summed E-state index contributed by atoms with van der Waals surface area (Å²) in [6.07, 6.45) is 0. The lowest BCUT2D eigenvalue weighted by Crippen LogP contribution is -2.34. The van der Waals surface area contributed by atoms with E-state index in [1.807, 2.05) is 0 Å². The Labute approximate surface area is 120 Å². The molecule has 1 aromatic rings. The van der Waals surface area contributed by atoms with Gasteiger partial charge in [0.05, 0.1) is 5.57 Å². The highest BCUT2D eigenvalue weighted by Gasteiger charge is 2.41. The van der Waals surface area contributed by atoms with Crippen LogP contribution in [0.25, 0.3) is 0 Å². The van der Waals surface area contributed by atoms with Crippen LogP contribution in [-0.4, -0.2) is 27.9 Å². The fraction of sp³-hybridized carbons (Fsp3) is 0.267. The molecule has 0 saturated heterocycles. The van der Waals surface area contributed by atoms with Crippen molar-refractivity contribution in [3.63, 3.8) is 0 Å². The third kappa shape index (κ3) is 2.69. The number of allylic oxidation sites excluding steroid dienone is 1. The van der Waals surface area contributed by atoms with E-state index in [1.54, 1.807) is 0 Å². The fourth-order valence-corrected chi connectivity index (χ4v) is 2.70. The lowest BCUT2D eigenvalue weighted by Gasteiger charge is -2.29. The largest absolute Gasteiger partial charge is 0.481 e. The number of benzene rings is 1. The summed E-state index contributed by atoms with van der Waals surface area (Å²) in [6, 6.07) is 5.34. The van der Waals surface area contributed by atoms with E-state index < -0.39 is 29.6 Å². The predicted molar refractivity (Wildman–Crippen MR) is 73.7 cm³/mol. The van der Waals surface area contributed by atoms with Gasteiger partial charge in [0.1, 0.15) is 11.7 Å². The van der Waals surface area contributed by atoms with Gasteiger partial charge in [-0.05, 0) is 31.5 Å². The highest BCUT2D eigenvalue weighted by Crippen LogP contribution is 2.39. The van der Waals surface area contributed by atoms with Gasteiger partial charge in [0.25, 0.3) is 0 Å². The molecule has 0 saturated carbocycles. The Hall–Kier alpha value is -2.50. The van der Waals surface area contributed by atoms with Crippen molar-refractivity contribution in [1.29, 1.82) is 0 Å². The van der Waals surface area contributed by atoms with Crippen LogP contribution in [0, 0.1) is 11.7 Å². The highest BCUT2D eigenvalue weighted by molar-refractivity contribution is 6.06. The summed E-state index contributed by atoms with van der Waals surface area (Å²) in [4.78, 5) is 27.0. The quantitative estimate of drug-likeness (QED) is 0.895. The van der Waals surface area contributed by atoms with Gasteiger partial charge in [0.2, 0.25) is 0 Å². The number of rotatable bonds is 3. The van der Waals surface area contributed by atoms with Gasteiger partial charge in [-0.1, -0.05) is 12.1 Å². The van der Waals surface area contributed by atoms with Gasteiger partial charge in [0, 0.05) is 17.3 Å². The van der Waals surface area contributed by atoms with E-state index in [2.05, 4.69) is 4.99 Å². The molecular formula is C15H14FNO4. The average Bonchev–Trinajstić information content (AvgIpc) is 2.36. The van der Waals surface area contributed by atoms with Crippen LogP contribution in [0.4, 0.5) is 4.39 Å². The fourth-order valence-electron chi connectivity index (χ4n) is 2.70. The Morgan fingerprint density at radius 1 is 1.24 bits per heavy atom. The SMILES string of the molecule is CC1=NC(C)=C(C(=O)O)C(c2cccc(F)c2)C1C(=O)O. The average molecular weight is 291 g/mol. The van der Waals surface area contributed by atoms with Crippen molar-refractivity contribution < 1.29 is 24.2 Å². The second kappa shape index (κ2) is 5.47. The van der Waals surface area contributed by atoms with Crippen LogP contribution in [0.2, 0.25) is 0 Å². The number of carboxylic acid groups (broad SMARTS) is 2. The van der Waals surface area contributed by atoms with E-state index in [-0.39, 0.29) is 11.3 Å². The molecular weight excluding hydrogens is 277 g/mol. The zero-order chi connectivity index (χ0) is 15.7. The normalized spacial score (nSPS) is 22.0. The summed E-state index contributed by atoms with van der Waals surface area (Å²) < 4.78 is 13.4. The zero-order valence-electron chi connectivity index (χ0n) is 11.5. The Balaban J connectivity index is 2.68. The molecule has 21 heavy (non-hydrogen) atoms. The summed E-state index contributed by atoms with van der Waals surface area (Å²) in [5, 5.41) is 18.8. The molecule has 2 unspecified atom stereocenters. The number of carboxylic acids is 2. The Morgan fingerprint density at radius 3 is 2.43 bits per heavy atom. The second-order valence-corrected chi connectivity index (χ2v) is 4.91. The van der Waals surface area contributed by atoms with Gasteiger partial charge in [0.15, 0.2) is 0 Å². The number of carbonyl (C=O) groups is 2. The summed E-state index contributed by atoms with van der Waals surface area (Å²) in [7, 11) is 0. The third-order valence-electron chi connectivity index (χ3n) is 3.53. The smallest absolute Gasteiger partial charge is 0.334 e. The van der Waals surface area contributed by atoms with Gasteiger partial charge in [-0.2, -0.15) is 0 Å². The lowest BCUT2D eigenvalue weighted by atomic mass is 9.75. The Morgan fingerprint density at radius 2 is 1.90 bits per heavy atom. The highest BCUT2D eigenvalue weighted by atomic mass is 19.1. The number of aliphatic imine (C=N–C) groups is 1. The molecule has 1 heterocycles. The lowest BCUT2D eigenvalue weighted by molar-refractivity contribution is -0.140. The first-order valence-electron chi connectivity index (χ1n) is 6.30. The molecule has 110 valence electrons. The Kier molecular flexibility index (Phi) is 3.88. The van der Waals surface area contributed by atoms with Gasteiger partial charge < -0.3 is 10.2 Å². The summed E-state index contributed by atoms with van der Waals surface area (Å²) in [6.45, 7) is 3.05. The maximum atomic E-state index is 13.4. The number of halogens is 1. The molecule has 0 aromatic heterocycles. The van der Waals surface area contributed by atoms with Crippen molar-refractivity contribution >= 4 is 17.7 Å². The number of aliphatic carboxylic acids is 2. The van der Waals surface area contributed by atoms with Crippen LogP contribution in [0.15, 0.2) is 40.5 Å². The maximum Gasteiger partial charge on any atom is 0.334 e. The van der Waals surface area contributed by atoms with Gasteiger partial charge in [-0.25, -0.2) is 9.18 Å². The van der Waals surface area contributed by atoms with Crippen molar-refractivity contribution in [3.8, 4) is 0 Å². The van der Waals surface area contributed by atoms with Crippen molar-refractivity contribution in [2.45, 2.75) is 19.8 Å². The van der Waals surface area contributed by atoms with E-state index in [0.717, 1.165) is 6.07 Å². The first-order valence-corrected chi connectivity index (χ1v) is 6.30. The molecule has 0 fully saturated rings. The van der Waals surface area contributed by atoms with Gasteiger partial charge >= 0.3 is 11.9 Å². The van der Waals surface area contributed by atoms with Crippen LogP contribution >= 0.6 is 0 Å². The zero-order valence-corrected chi connectivity index (χ0v) is 11.5. The predicted octanol–water partition coefficient (Wildman–Crippen LogP) is 2.44. The summed E-state index contributed by atoms with van der Waals surface area (Å²) in [5.74, 6) is -5.06. The first kappa shape index (κ1) is 14.9. The van der Waals surface area contributed by atoms with E-state index in [1.165, 1.54) is 32.0 Å². The molecule has 0 bridgehead atoms.